The lowest BCUT2D eigenvalue weighted by Gasteiger charge is -2.00. The molecule has 72 valence electrons. The number of aromatic amines is 2. The molecular weight excluding hydrogens is 174 g/mol. The normalized spacial score (nSPS) is 9.92. The Morgan fingerprint density at radius 3 is 2.77 bits per heavy atom. The van der Waals surface area contributed by atoms with Gasteiger partial charge in [-0.05, 0) is 6.42 Å². The zero-order valence-corrected chi connectivity index (χ0v) is 7.29. The first-order valence-electron chi connectivity index (χ1n) is 4.06. The Morgan fingerprint density at radius 2 is 2.15 bits per heavy atom. The summed E-state index contributed by atoms with van der Waals surface area (Å²) in [6.45, 7) is 2.46. The molecule has 1 aromatic rings. The minimum Gasteiger partial charge on any atom is -0.465 e. The van der Waals surface area contributed by atoms with Crippen molar-refractivity contribution in [1.29, 1.82) is 0 Å². The molecule has 0 fully saturated rings. The molecule has 0 aliphatic carbocycles. The molecule has 0 saturated carbocycles. The maximum absolute atomic E-state index is 10.7. The van der Waals surface area contributed by atoms with Crippen molar-refractivity contribution in [1.82, 2.24) is 15.0 Å². The number of H-pyrrole nitrogens is 2. The van der Waals surface area contributed by atoms with Crippen LogP contribution in [0.15, 0.2) is 9.59 Å². The summed E-state index contributed by atoms with van der Waals surface area (Å²) in [5.41, 5.74) is -1.30. The molecule has 6 heteroatoms. The van der Waals surface area contributed by atoms with Crippen LogP contribution < -0.4 is 16.1 Å². The number of rotatable bonds is 4. The highest BCUT2D eigenvalue weighted by atomic mass is 16.5. The van der Waals surface area contributed by atoms with Crippen molar-refractivity contribution >= 4 is 0 Å². The third-order valence-electron chi connectivity index (χ3n) is 1.38. The van der Waals surface area contributed by atoms with E-state index < -0.39 is 11.4 Å². The van der Waals surface area contributed by atoms with Crippen molar-refractivity contribution < 1.29 is 4.74 Å². The zero-order chi connectivity index (χ0) is 9.68. The molecule has 0 unspecified atom stereocenters. The predicted molar refractivity (Wildman–Crippen MR) is 45.9 cm³/mol. The van der Waals surface area contributed by atoms with Gasteiger partial charge < -0.3 is 4.74 Å². The number of nitrogens with one attached hydrogen (secondary N) is 2. The SMILES string of the molecule is CCCCOc1nc(=O)[nH]c(=O)[nH]1. The molecule has 0 saturated heterocycles. The van der Waals surface area contributed by atoms with E-state index in [-0.39, 0.29) is 6.01 Å². The van der Waals surface area contributed by atoms with E-state index in [1.54, 1.807) is 0 Å². The second-order valence-electron chi connectivity index (χ2n) is 2.50. The van der Waals surface area contributed by atoms with Gasteiger partial charge in [-0.25, -0.2) is 9.59 Å². The van der Waals surface area contributed by atoms with Crippen LogP contribution in [0.1, 0.15) is 19.8 Å². The van der Waals surface area contributed by atoms with Crippen molar-refractivity contribution in [2.24, 2.45) is 0 Å². The smallest absolute Gasteiger partial charge is 0.353 e. The van der Waals surface area contributed by atoms with E-state index in [2.05, 4.69) is 9.97 Å². The molecule has 6 nitrogen and oxygen atoms in total. The van der Waals surface area contributed by atoms with Crippen molar-refractivity contribution in [3.8, 4) is 6.01 Å². The average molecular weight is 185 g/mol. The molecule has 0 bridgehead atoms. The van der Waals surface area contributed by atoms with Crippen molar-refractivity contribution in [3.05, 3.63) is 21.0 Å². The summed E-state index contributed by atoms with van der Waals surface area (Å²) in [5.74, 6) is 0. The summed E-state index contributed by atoms with van der Waals surface area (Å²) in [6.07, 6.45) is 1.84. The van der Waals surface area contributed by atoms with Gasteiger partial charge in [-0.3, -0.25) is 9.97 Å². The minimum absolute atomic E-state index is 0.0257. The minimum atomic E-state index is -0.699. The number of hydrogen-bond donors (Lipinski definition) is 2. The number of hydrogen-bond acceptors (Lipinski definition) is 4. The van der Waals surface area contributed by atoms with E-state index in [0.717, 1.165) is 12.8 Å². The fourth-order valence-corrected chi connectivity index (χ4v) is 0.755. The summed E-state index contributed by atoms with van der Waals surface area (Å²) in [4.78, 5) is 29.0. The summed E-state index contributed by atoms with van der Waals surface area (Å²) in [7, 11) is 0. The average Bonchev–Trinajstić information content (AvgIpc) is 2.03. The summed E-state index contributed by atoms with van der Waals surface area (Å²) in [6, 6.07) is -0.0257. The second kappa shape index (κ2) is 4.44. The van der Waals surface area contributed by atoms with Crippen LogP contribution in [0.3, 0.4) is 0 Å². The van der Waals surface area contributed by atoms with Crippen molar-refractivity contribution in [2.75, 3.05) is 6.61 Å². The van der Waals surface area contributed by atoms with Crippen molar-refractivity contribution in [2.45, 2.75) is 19.8 Å². The molecule has 1 rings (SSSR count). The van der Waals surface area contributed by atoms with Crippen LogP contribution in [0.5, 0.6) is 6.01 Å². The molecule has 0 radical (unpaired) electrons. The summed E-state index contributed by atoms with van der Waals surface area (Å²) in [5, 5.41) is 0. The first kappa shape index (κ1) is 9.50. The maximum atomic E-state index is 10.7. The summed E-state index contributed by atoms with van der Waals surface area (Å²) >= 11 is 0. The lowest BCUT2D eigenvalue weighted by atomic mass is 10.4. The molecule has 0 atom stereocenters. The highest BCUT2D eigenvalue weighted by Gasteiger charge is 1.97. The van der Waals surface area contributed by atoms with Crippen LogP contribution in [0, 0.1) is 0 Å². The van der Waals surface area contributed by atoms with E-state index >= 15 is 0 Å². The van der Waals surface area contributed by atoms with E-state index in [1.807, 2.05) is 11.9 Å². The molecule has 0 aromatic carbocycles. The van der Waals surface area contributed by atoms with Gasteiger partial charge >= 0.3 is 17.4 Å². The van der Waals surface area contributed by atoms with Crippen LogP contribution >= 0.6 is 0 Å². The summed E-state index contributed by atoms with van der Waals surface area (Å²) < 4.78 is 5.02. The molecule has 0 amide bonds. The maximum Gasteiger partial charge on any atom is 0.353 e. The van der Waals surface area contributed by atoms with Crippen LogP contribution in [0.4, 0.5) is 0 Å². The zero-order valence-electron chi connectivity index (χ0n) is 7.29. The highest BCUT2D eigenvalue weighted by molar-refractivity contribution is 4.87. The molecule has 2 N–H and O–H groups in total. The Bertz CT molecular complexity index is 339. The largest absolute Gasteiger partial charge is 0.465 e. The number of unbranched alkanes of at least 4 members (excludes halogenated alkanes) is 1. The molecule has 1 aromatic heterocycles. The Balaban J connectivity index is 2.67. The lowest BCUT2D eigenvalue weighted by molar-refractivity contribution is 0.282. The van der Waals surface area contributed by atoms with Gasteiger partial charge in [-0.2, -0.15) is 0 Å². The van der Waals surface area contributed by atoms with Crippen LogP contribution in [0.25, 0.3) is 0 Å². The van der Waals surface area contributed by atoms with E-state index in [4.69, 9.17) is 4.74 Å². The number of ether oxygens (including phenoxy) is 1. The van der Waals surface area contributed by atoms with Crippen LogP contribution in [0.2, 0.25) is 0 Å². The van der Waals surface area contributed by atoms with Gasteiger partial charge in [0.2, 0.25) is 0 Å². The van der Waals surface area contributed by atoms with Gasteiger partial charge in [-0.15, -0.1) is 4.98 Å². The van der Waals surface area contributed by atoms with Gasteiger partial charge in [0.15, 0.2) is 0 Å². The lowest BCUT2D eigenvalue weighted by Crippen LogP contribution is -2.25. The number of nitrogens with zero attached hydrogens (tertiary/aromatic N) is 1. The Kier molecular flexibility index (Phi) is 3.24. The fraction of sp³-hybridized carbons (Fsp3) is 0.571. The third kappa shape index (κ3) is 3.10. The van der Waals surface area contributed by atoms with E-state index in [9.17, 15) is 9.59 Å². The first-order chi connectivity index (χ1) is 6.22. The van der Waals surface area contributed by atoms with Gasteiger partial charge in [0.1, 0.15) is 0 Å². The molecular formula is C7H11N3O3. The quantitative estimate of drug-likeness (QED) is 0.627. The van der Waals surface area contributed by atoms with Gasteiger partial charge in [0.25, 0.3) is 0 Å². The van der Waals surface area contributed by atoms with Crippen molar-refractivity contribution in [3.63, 3.8) is 0 Å². The Hall–Kier alpha value is -1.59. The van der Waals surface area contributed by atoms with E-state index in [1.165, 1.54) is 0 Å². The topological polar surface area (TPSA) is 87.8 Å². The van der Waals surface area contributed by atoms with Crippen LogP contribution in [-0.2, 0) is 0 Å². The standard InChI is InChI=1S/C7H11N3O3/c1-2-3-4-13-7-9-5(11)8-6(12)10-7/h2-4H2,1H3,(H2,8,9,10,11,12). The third-order valence-corrected chi connectivity index (χ3v) is 1.38. The van der Waals surface area contributed by atoms with Gasteiger partial charge in [0.05, 0.1) is 6.61 Å². The second-order valence-corrected chi connectivity index (χ2v) is 2.50. The highest BCUT2D eigenvalue weighted by Crippen LogP contribution is 1.94. The molecule has 0 aliphatic heterocycles. The predicted octanol–water partition coefficient (Wildman–Crippen LogP) is -0.363. The Labute approximate surface area is 74.0 Å². The molecule has 1 heterocycles. The fourth-order valence-electron chi connectivity index (χ4n) is 0.755. The van der Waals surface area contributed by atoms with Gasteiger partial charge in [0, 0.05) is 0 Å². The first-order valence-corrected chi connectivity index (χ1v) is 4.06. The molecule has 0 aliphatic rings. The monoisotopic (exact) mass is 185 g/mol. The Morgan fingerprint density at radius 1 is 1.38 bits per heavy atom. The molecule has 13 heavy (non-hydrogen) atoms. The molecule has 0 spiro atoms. The number of aromatic nitrogens is 3. The van der Waals surface area contributed by atoms with Gasteiger partial charge in [-0.1, -0.05) is 13.3 Å². The van der Waals surface area contributed by atoms with E-state index in [0.29, 0.717) is 6.61 Å². The van der Waals surface area contributed by atoms with Crippen LogP contribution in [-0.4, -0.2) is 21.6 Å².